The van der Waals surface area contributed by atoms with E-state index in [1.807, 2.05) is 6.07 Å². The zero-order valence-electron chi connectivity index (χ0n) is 19.0. The molecular formula is C26H24N4O4. The Morgan fingerprint density at radius 2 is 1.71 bits per heavy atom. The minimum Gasteiger partial charge on any atom is -0.497 e. The number of hydrogen-bond donors (Lipinski definition) is 2. The van der Waals surface area contributed by atoms with Crippen LogP contribution in [0.4, 0.5) is 11.4 Å². The highest BCUT2D eigenvalue weighted by Crippen LogP contribution is 2.27. The van der Waals surface area contributed by atoms with Gasteiger partial charge in [-0.2, -0.15) is 0 Å². The molecule has 0 fully saturated rings. The van der Waals surface area contributed by atoms with Crippen LogP contribution < -0.4 is 20.9 Å². The largest absolute Gasteiger partial charge is 0.497 e. The van der Waals surface area contributed by atoms with Gasteiger partial charge in [0.15, 0.2) is 0 Å². The van der Waals surface area contributed by atoms with Gasteiger partial charge in [0.05, 0.1) is 23.8 Å². The van der Waals surface area contributed by atoms with Crippen molar-refractivity contribution < 1.29 is 14.3 Å². The Labute approximate surface area is 196 Å². The molecular weight excluding hydrogens is 432 g/mol. The summed E-state index contributed by atoms with van der Waals surface area (Å²) in [6, 6.07) is 20.2. The molecule has 1 aromatic heterocycles. The predicted molar refractivity (Wildman–Crippen MR) is 132 cm³/mol. The van der Waals surface area contributed by atoms with Gasteiger partial charge < -0.3 is 15.4 Å². The maximum Gasteiger partial charge on any atom is 0.278 e. The first-order valence-electron chi connectivity index (χ1n) is 10.7. The Morgan fingerprint density at radius 3 is 2.47 bits per heavy atom. The number of benzene rings is 3. The van der Waals surface area contributed by atoms with Crippen LogP contribution in [-0.2, 0) is 9.59 Å². The molecule has 0 unspecified atom stereocenters. The molecule has 1 atom stereocenters. The van der Waals surface area contributed by atoms with Gasteiger partial charge in [0, 0.05) is 24.2 Å². The molecule has 34 heavy (non-hydrogen) atoms. The molecule has 2 N–H and O–H groups in total. The molecule has 0 saturated carbocycles. The number of carbonyl (C=O) groups excluding carboxylic acids is 2. The van der Waals surface area contributed by atoms with Crippen LogP contribution in [-0.4, -0.2) is 28.5 Å². The topological polar surface area (TPSA) is 102 Å². The third-order valence-corrected chi connectivity index (χ3v) is 5.39. The quantitative estimate of drug-likeness (QED) is 0.452. The number of aromatic nitrogens is 2. The average Bonchev–Trinajstić information content (AvgIpc) is 2.83. The van der Waals surface area contributed by atoms with Crippen molar-refractivity contribution in [2.75, 3.05) is 17.7 Å². The number of rotatable bonds is 6. The average molecular weight is 457 g/mol. The fourth-order valence-corrected chi connectivity index (χ4v) is 3.77. The van der Waals surface area contributed by atoms with Gasteiger partial charge in [-0.25, -0.2) is 4.98 Å². The van der Waals surface area contributed by atoms with Crippen molar-refractivity contribution in [2.24, 2.45) is 0 Å². The van der Waals surface area contributed by atoms with Crippen molar-refractivity contribution in [3.05, 3.63) is 83.2 Å². The smallest absolute Gasteiger partial charge is 0.278 e. The minimum absolute atomic E-state index is 0.143. The third kappa shape index (κ3) is 4.52. The highest BCUT2D eigenvalue weighted by Gasteiger charge is 2.23. The van der Waals surface area contributed by atoms with Crippen LogP contribution in [0.15, 0.2) is 77.6 Å². The summed E-state index contributed by atoms with van der Waals surface area (Å²) in [5.74, 6) is -0.0266. The standard InChI is InChI=1S/C26H24N4O4/c1-16(25(32)28-18-9-8-10-19(15-18)34-3)30-23-14-7-6-13-22(23)29-24(26(30)33)20-11-4-5-12-21(20)27-17(2)31/h4-16H,1-3H3,(H,27,31)(H,28,32)/t16-/m1/s1. The molecule has 0 spiro atoms. The van der Waals surface area contributed by atoms with Gasteiger partial charge in [-0.15, -0.1) is 0 Å². The van der Waals surface area contributed by atoms with Crippen molar-refractivity contribution in [1.82, 2.24) is 9.55 Å². The van der Waals surface area contributed by atoms with Gasteiger partial charge in [-0.1, -0.05) is 36.4 Å². The summed E-state index contributed by atoms with van der Waals surface area (Å²) in [6.45, 7) is 3.06. The van der Waals surface area contributed by atoms with E-state index >= 15 is 0 Å². The van der Waals surface area contributed by atoms with Crippen molar-refractivity contribution >= 4 is 34.2 Å². The van der Waals surface area contributed by atoms with Gasteiger partial charge in [0.2, 0.25) is 11.8 Å². The molecule has 1 heterocycles. The third-order valence-electron chi connectivity index (χ3n) is 5.39. The minimum atomic E-state index is -0.849. The van der Waals surface area contributed by atoms with Gasteiger partial charge in [-0.3, -0.25) is 19.0 Å². The van der Waals surface area contributed by atoms with Crippen LogP contribution in [0.25, 0.3) is 22.3 Å². The second kappa shape index (κ2) is 9.58. The Hall–Kier alpha value is -4.46. The van der Waals surface area contributed by atoms with E-state index in [0.29, 0.717) is 33.7 Å². The number of para-hydroxylation sites is 3. The number of ether oxygens (including phenoxy) is 1. The molecule has 0 aliphatic heterocycles. The van der Waals surface area contributed by atoms with Gasteiger partial charge in [0.25, 0.3) is 5.56 Å². The van der Waals surface area contributed by atoms with E-state index in [-0.39, 0.29) is 17.5 Å². The maximum absolute atomic E-state index is 13.7. The summed E-state index contributed by atoms with van der Waals surface area (Å²) in [6.07, 6.45) is 0. The normalized spacial score (nSPS) is 11.6. The molecule has 0 saturated heterocycles. The van der Waals surface area contributed by atoms with Crippen molar-refractivity contribution in [2.45, 2.75) is 19.9 Å². The lowest BCUT2D eigenvalue weighted by molar-refractivity contribution is -0.118. The first-order chi connectivity index (χ1) is 16.4. The molecule has 0 radical (unpaired) electrons. The Bertz CT molecular complexity index is 1440. The SMILES string of the molecule is COc1cccc(NC(=O)[C@@H](C)n2c(=O)c(-c3ccccc3NC(C)=O)nc3ccccc32)c1. The zero-order chi connectivity index (χ0) is 24.2. The van der Waals surface area contributed by atoms with E-state index in [4.69, 9.17) is 4.74 Å². The van der Waals surface area contributed by atoms with Gasteiger partial charge in [-0.05, 0) is 37.3 Å². The molecule has 0 aliphatic carbocycles. The number of nitrogens with one attached hydrogen (secondary N) is 2. The molecule has 3 aromatic carbocycles. The van der Waals surface area contributed by atoms with Gasteiger partial charge in [0.1, 0.15) is 17.5 Å². The number of hydrogen-bond acceptors (Lipinski definition) is 5. The lowest BCUT2D eigenvalue weighted by Gasteiger charge is -2.19. The molecule has 0 aliphatic rings. The molecule has 4 aromatic rings. The van der Waals surface area contributed by atoms with Gasteiger partial charge >= 0.3 is 0 Å². The molecule has 8 nitrogen and oxygen atoms in total. The summed E-state index contributed by atoms with van der Waals surface area (Å²) in [5, 5.41) is 5.59. The molecule has 8 heteroatoms. The van der Waals surface area contributed by atoms with Crippen LogP contribution in [0.1, 0.15) is 19.9 Å². The fraction of sp³-hybridized carbons (Fsp3) is 0.154. The molecule has 2 amide bonds. The van der Waals surface area contributed by atoms with Crippen LogP contribution in [0.2, 0.25) is 0 Å². The lowest BCUT2D eigenvalue weighted by Crippen LogP contribution is -2.33. The number of anilines is 2. The van der Waals surface area contributed by atoms with Crippen LogP contribution in [0.5, 0.6) is 5.75 Å². The van der Waals surface area contributed by atoms with Crippen LogP contribution >= 0.6 is 0 Å². The number of nitrogens with zero attached hydrogens (tertiary/aromatic N) is 2. The number of fused-ring (bicyclic) bond motifs is 1. The summed E-state index contributed by atoms with van der Waals surface area (Å²) in [4.78, 5) is 43.2. The predicted octanol–water partition coefficient (Wildman–Crippen LogP) is 4.23. The first kappa shape index (κ1) is 22.7. The van der Waals surface area contributed by atoms with E-state index in [1.165, 1.54) is 11.5 Å². The number of carbonyl (C=O) groups is 2. The number of methoxy groups -OCH3 is 1. The summed E-state index contributed by atoms with van der Waals surface area (Å²) >= 11 is 0. The maximum atomic E-state index is 13.7. The van der Waals surface area contributed by atoms with Crippen molar-refractivity contribution in [1.29, 1.82) is 0 Å². The fourth-order valence-electron chi connectivity index (χ4n) is 3.77. The first-order valence-corrected chi connectivity index (χ1v) is 10.7. The lowest BCUT2D eigenvalue weighted by atomic mass is 10.1. The van der Waals surface area contributed by atoms with E-state index in [9.17, 15) is 14.4 Å². The monoisotopic (exact) mass is 456 g/mol. The van der Waals surface area contributed by atoms with E-state index in [0.717, 1.165) is 0 Å². The van der Waals surface area contributed by atoms with E-state index in [2.05, 4.69) is 15.6 Å². The second-order valence-electron chi connectivity index (χ2n) is 7.75. The molecule has 0 bridgehead atoms. The Balaban J connectivity index is 1.83. The Kier molecular flexibility index (Phi) is 6.40. The highest BCUT2D eigenvalue weighted by molar-refractivity contribution is 5.96. The van der Waals surface area contributed by atoms with E-state index < -0.39 is 11.6 Å². The van der Waals surface area contributed by atoms with Crippen molar-refractivity contribution in [3.8, 4) is 17.0 Å². The van der Waals surface area contributed by atoms with E-state index in [1.54, 1.807) is 80.8 Å². The van der Waals surface area contributed by atoms with Crippen LogP contribution in [0.3, 0.4) is 0 Å². The summed E-state index contributed by atoms with van der Waals surface area (Å²) in [7, 11) is 1.55. The highest BCUT2D eigenvalue weighted by atomic mass is 16.5. The van der Waals surface area contributed by atoms with Crippen LogP contribution in [0, 0.1) is 0 Å². The van der Waals surface area contributed by atoms with Crippen molar-refractivity contribution in [3.63, 3.8) is 0 Å². The Morgan fingerprint density at radius 1 is 0.971 bits per heavy atom. The second-order valence-corrected chi connectivity index (χ2v) is 7.75. The zero-order valence-corrected chi connectivity index (χ0v) is 19.0. The number of amides is 2. The summed E-state index contributed by atoms with van der Waals surface area (Å²) < 4.78 is 6.65. The molecule has 4 rings (SSSR count). The molecule has 172 valence electrons. The summed E-state index contributed by atoms with van der Waals surface area (Å²) in [5.41, 5.74) is 2.28.